The largest absolute Gasteiger partial charge is 0.0888 e. The Kier molecular flexibility index (Phi) is 23.0. The van der Waals surface area contributed by atoms with Crippen molar-refractivity contribution in [3.63, 3.8) is 0 Å². The normalized spacial score (nSPS) is 11.9. The van der Waals surface area contributed by atoms with Crippen LogP contribution in [0.3, 0.4) is 0 Å². The summed E-state index contributed by atoms with van der Waals surface area (Å²) in [6.45, 7) is 4.50. The fourth-order valence-corrected chi connectivity index (χ4v) is 3.32. The van der Waals surface area contributed by atoms with Gasteiger partial charge in [0.1, 0.15) is 0 Å². The number of rotatable bonds is 20. The Labute approximate surface area is 160 Å². The van der Waals surface area contributed by atoms with Crippen molar-refractivity contribution in [2.45, 2.75) is 136 Å². The number of unbranched alkanes of at least 4 members (excludes halogenated alkanes) is 16. The highest BCUT2D eigenvalue weighted by Gasteiger charge is 1.93. The van der Waals surface area contributed by atoms with Gasteiger partial charge in [-0.2, -0.15) is 0 Å². The molecule has 148 valence electrons. The number of hydrogen-bond donors (Lipinski definition) is 0. The lowest BCUT2D eigenvalue weighted by Crippen LogP contribution is -1.82. The van der Waals surface area contributed by atoms with Gasteiger partial charge in [0.25, 0.3) is 0 Å². The van der Waals surface area contributed by atoms with E-state index in [2.05, 4.69) is 38.2 Å². The van der Waals surface area contributed by atoms with Gasteiger partial charge < -0.3 is 0 Å². The summed E-state index contributed by atoms with van der Waals surface area (Å²) in [7, 11) is 0. The van der Waals surface area contributed by atoms with Crippen molar-refractivity contribution in [1.82, 2.24) is 0 Å². The molecule has 0 fully saturated rings. The highest BCUT2D eigenvalue weighted by molar-refractivity contribution is 4.83. The molecule has 0 saturated carbocycles. The van der Waals surface area contributed by atoms with E-state index in [1.54, 1.807) is 0 Å². The second kappa shape index (κ2) is 23.5. The van der Waals surface area contributed by atoms with Crippen molar-refractivity contribution in [2.75, 3.05) is 0 Å². The van der Waals surface area contributed by atoms with Crippen molar-refractivity contribution >= 4 is 0 Å². The highest BCUT2D eigenvalue weighted by atomic mass is 14.0. The first-order valence-electron chi connectivity index (χ1n) is 11.7. The minimum atomic E-state index is 1.18. The summed E-state index contributed by atoms with van der Waals surface area (Å²) >= 11 is 0. The quantitative estimate of drug-likeness (QED) is 0.152. The molecule has 0 atom stereocenters. The highest BCUT2D eigenvalue weighted by Crippen LogP contribution is 2.13. The van der Waals surface area contributed by atoms with Gasteiger partial charge in [0.05, 0.1) is 0 Å². The minimum Gasteiger partial charge on any atom is -0.0888 e. The summed E-state index contributed by atoms with van der Waals surface area (Å²) in [5.74, 6) is 0. The first-order chi connectivity index (χ1) is 12.4. The fourth-order valence-electron chi connectivity index (χ4n) is 3.32. The van der Waals surface area contributed by atoms with Crippen LogP contribution in [0.2, 0.25) is 0 Å². The zero-order valence-electron chi connectivity index (χ0n) is 17.7. The molecular formula is C25H48. The molecule has 0 heteroatoms. The molecule has 25 heavy (non-hydrogen) atoms. The van der Waals surface area contributed by atoms with Gasteiger partial charge in [0.15, 0.2) is 0 Å². The van der Waals surface area contributed by atoms with Crippen LogP contribution >= 0.6 is 0 Å². The second-order valence-electron chi connectivity index (χ2n) is 7.67. The van der Waals surface area contributed by atoms with E-state index < -0.39 is 0 Å². The average molecular weight is 349 g/mol. The molecule has 0 unspecified atom stereocenters. The van der Waals surface area contributed by atoms with Crippen LogP contribution in [0.15, 0.2) is 24.3 Å². The molecule has 0 saturated heterocycles. The van der Waals surface area contributed by atoms with Gasteiger partial charge in [-0.1, -0.05) is 115 Å². The van der Waals surface area contributed by atoms with E-state index in [1.165, 1.54) is 122 Å². The van der Waals surface area contributed by atoms with Gasteiger partial charge >= 0.3 is 0 Å². The number of hydrogen-bond acceptors (Lipinski definition) is 0. The predicted molar refractivity (Wildman–Crippen MR) is 117 cm³/mol. The minimum absolute atomic E-state index is 1.18. The van der Waals surface area contributed by atoms with Crippen LogP contribution in [0.5, 0.6) is 0 Å². The van der Waals surface area contributed by atoms with Crippen LogP contribution in [0.1, 0.15) is 136 Å². The standard InChI is InChI=1S/C25H48/c1-3-5-7-9-11-13-15-17-19-21-23-25-24-22-20-18-16-14-12-10-8-6-4-2/h5,7,17,19H,3-4,6,8-16,18,20-25H2,1-2H3/b7-5+,19-17+. The smallest absolute Gasteiger partial charge is 0.0351 e. The molecule has 0 aromatic rings. The zero-order chi connectivity index (χ0) is 18.3. The second-order valence-corrected chi connectivity index (χ2v) is 7.67. The molecule has 0 radical (unpaired) electrons. The SMILES string of the molecule is CC/C=C/CCCC/C=C/CCCCCCCCCCCCCCC. The van der Waals surface area contributed by atoms with Crippen LogP contribution in [0, 0.1) is 0 Å². The van der Waals surface area contributed by atoms with Crippen molar-refractivity contribution < 1.29 is 0 Å². The van der Waals surface area contributed by atoms with Crippen molar-refractivity contribution in [1.29, 1.82) is 0 Å². The summed E-state index contributed by atoms with van der Waals surface area (Å²) < 4.78 is 0. The molecule has 0 aromatic heterocycles. The summed E-state index contributed by atoms with van der Waals surface area (Å²) in [4.78, 5) is 0. The predicted octanol–water partition coefficient (Wildman–Crippen LogP) is 9.55. The molecule has 0 heterocycles. The maximum Gasteiger partial charge on any atom is -0.0351 e. The fraction of sp³-hybridized carbons (Fsp3) is 0.840. The van der Waals surface area contributed by atoms with Crippen molar-refractivity contribution in [3.05, 3.63) is 24.3 Å². The van der Waals surface area contributed by atoms with Crippen LogP contribution in [-0.4, -0.2) is 0 Å². The van der Waals surface area contributed by atoms with Crippen LogP contribution < -0.4 is 0 Å². The third kappa shape index (κ3) is 23.5. The topological polar surface area (TPSA) is 0 Å². The first-order valence-corrected chi connectivity index (χ1v) is 11.7. The third-order valence-corrected chi connectivity index (χ3v) is 5.03. The van der Waals surface area contributed by atoms with Gasteiger partial charge in [-0.25, -0.2) is 0 Å². The lowest BCUT2D eigenvalue weighted by Gasteiger charge is -2.02. The molecule has 0 rings (SSSR count). The van der Waals surface area contributed by atoms with Crippen LogP contribution in [0.4, 0.5) is 0 Å². The van der Waals surface area contributed by atoms with Gasteiger partial charge in [0.2, 0.25) is 0 Å². The van der Waals surface area contributed by atoms with Gasteiger partial charge in [0, 0.05) is 0 Å². The van der Waals surface area contributed by atoms with Crippen LogP contribution in [0.25, 0.3) is 0 Å². The van der Waals surface area contributed by atoms with Gasteiger partial charge in [-0.05, 0) is 44.9 Å². The van der Waals surface area contributed by atoms with E-state index >= 15 is 0 Å². The molecule has 0 aliphatic heterocycles. The van der Waals surface area contributed by atoms with Gasteiger partial charge in [-0.3, -0.25) is 0 Å². The Balaban J connectivity index is 3.06. The van der Waals surface area contributed by atoms with Crippen LogP contribution in [-0.2, 0) is 0 Å². The summed E-state index contributed by atoms with van der Waals surface area (Å²) in [6, 6.07) is 0. The zero-order valence-corrected chi connectivity index (χ0v) is 17.7. The van der Waals surface area contributed by atoms with Crippen molar-refractivity contribution in [3.8, 4) is 0 Å². The maximum absolute atomic E-state index is 2.42. The molecule has 0 aliphatic carbocycles. The summed E-state index contributed by atoms with van der Waals surface area (Å²) in [6.07, 6.45) is 36.0. The van der Waals surface area contributed by atoms with E-state index in [0.29, 0.717) is 0 Å². The maximum atomic E-state index is 2.42. The molecule has 0 amide bonds. The van der Waals surface area contributed by atoms with E-state index in [0.717, 1.165) is 0 Å². The molecule has 0 spiro atoms. The Hall–Kier alpha value is -0.520. The first kappa shape index (κ1) is 24.5. The molecule has 0 nitrogen and oxygen atoms in total. The molecule has 0 N–H and O–H groups in total. The number of allylic oxidation sites excluding steroid dienone is 4. The molecule has 0 aliphatic rings. The monoisotopic (exact) mass is 348 g/mol. The van der Waals surface area contributed by atoms with E-state index in [1.807, 2.05) is 0 Å². The summed E-state index contributed by atoms with van der Waals surface area (Å²) in [5.41, 5.74) is 0. The van der Waals surface area contributed by atoms with Crippen molar-refractivity contribution in [2.24, 2.45) is 0 Å². The Morgan fingerprint density at radius 1 is 0.360 bits per heavy atom. The Morgan fingerprint density at radius 3 is 1.08 bits per heavy atom. The van der Waals surface area contributed by atoms with E-state index in [9.17, 15) is 0 Å². The lowest BCUT2D eigenvalue weighted by atomic mass is 10.0. The summed E-state index contributed by atoms with van der Waals surface area (Å²) in [5, 5.41) is 0. The third-order valence-electron chi connectivity index (χ3n) is 5.03. The molecule has 0 aromatic carbocycles. The Morgan fingerprint density at radius 2 is 0.680 bits per heavy atom. The Bertz CT molecular complexity index is 274. The van der Waals surface area contributed by atoms with E-state index in [-0.39, 0.29) is 0 Å². The molecular weight excluding hydrogens is 300 g/mol. The average Bonchev–Trinajstić information content (AvgIpc) is 2.63. The van der Waals surface area contributed by atoms with Gasteiger partial charge in [-0.15, -0.1) is 0 Å². The van der Waals surface area contributed by atoms with E-state index in [4.69, 9.17) is 0 Å². The molecule has 0 bridgehead atoms. The lowest BCUT2D eigenvalue weighted by molar-refractivity contribution is 0.540.